The predicted octanol–water partition coefficient (Wildman–Crippen LogP) is 2.71. The third-order valence-corrected chi connectivity index (χ3v) is 4.68. The summed E-state index contributed by atoms with van der Waals surface area (Å²) in [7, 11) is 1.68. The van der Waals surface area contributed by atoms with Crippen molar-refractivity contribution in [1.82, 2.24) is 25.5 Å². The number of H-pyrrole nitrogens is 1. The molecule has 1 saturated carbocycles. The molecule has 0 radical (unpaired) electrons. The van der Waals surface area contributed by atoms with Gasteiger partial charge in [0.05, 0.1) is 29.4 Å². The molecule has 3 N–H and O–H groups in total. The first-order chi connectivity index (χ1) is 12.7. The number of nitrogens with zero attached hydrogens (tertiary/aromatic N) is 3. The van der Waals surface area contributed by atoms with Crippen molar-refractivity contribution >= 4 is 22.9 Å². The number of carbonyl (C=O) groups is 1. The highest BCUT2D eigenvalue weighted by Gasteiger charge is 2.28. The second kappa shape index (κ2) is 7.09. The first kappa shape index (κ1) is 16.5. The van der Waals surface area contributed by atoms with Crippen LogP contribution in [0.15, 0.2) is 36.8 Å². The summed E-state index contributed by atoms with van der Waals surface area (Å²) in [6.45, 7) is 0. The summed E-state index contributed by atoms with van der Waals surface area (Å²) in [5, 5.41) is 12.5. The van der Waals surface area contributed by atoms with Gasteiger partial charge in [0.1, 0.15) is 5.82 Å². The number of aromatic amines is 1. The van der Waals surface area contributed by atoms with E-state index in [1.54, 1.807) is 31.8 Å². The lowest BCUT2D eigenvalue weighted by Gasteiger charge is -2.19. The number of aromatic nitrogens is 4. The van der Waals surface area contributed by atoms with E-state index < -0.39 is 0 Å². The number of nitrogens with one attached hydrogen (secondary N) is 3. The number of hydrogen-bond acceptors (Lipinski definition) is 5. The highest BCUT2D eigenvalue weighted by molar-refractivity contribution is 5.90. The maximum atomic E-state index is 12.3. The molecule has 3 aromatic heterocycles. The van der Waals surface area contributed by atoms with Crippen molar-refractivity contribution in [3.63, 3.8) is 0 Å². The largest absolute Gasteiger partial charge is 0.379 e. The van der Waals surface area contributed by atoms with Crippen LogP contribution in [0, 0.1) is 0 Å². The second-order valence-electron chi connectivity index (χ2n) is 6.36. The molecule has 0 saturated heterocycles. The maximum Gasteiger partial charge on any atom is 0.320 e. The smallest absolute Gasteiger partial charge is 0.320 e. The molecule has 8 nitrogen and oxygen atoms in total. The van der Waals surface area contributed by atoms with E-state index in [-0.39, 0.29) is 18.2 Å². The number of hydrogen-bond donors (Lipinski definition) is 3. The van der Waals surface area contributed by atoms with Crippen LogP contribution in [0.1, 0.15) is 19.3 Å². The number of fused-ring (bicyclic) bond motifs is 1. The molecule has 0 unspecified atom stereocenters. The van der Waals surface area contributed by atoms with Crippen LogP contribution in [0.2, 0.25) is 0 Å². The summed E-state index contributed by atoms with van der Waals surface area (Å²) in [5.41, 5.74) is 3.31. The number of methoxy groups -OCH3 is 1. The van der Waals surface area contributed by atoms with Crippen molar-refractivity contribution in [2.24, 2.45) is 0 Å². The number of amides is 2. The van der Waals surface area contributed by atoms with Gasteiger partial charge in [0, 0.05) is 30.6 Å². The maximum absolute atomic E-state index is 12.3. The Bertz CT molecular complexity index is 911. The molecule has 4 rings (SSSR count). The predicted molar refractivity (Wildman–Crippen MR) is 97.7 cm³/mol. The Morgan fingerprint density at radius 3 is 2.96 bits per heavy atom. The average molecular weight is 352 g/mol. The first-order valence-electron chi connectivity index (χ1n) is 8.59. The molecule has 2 amide bonds. The lowest BCUT2D eigenvalue weighted by molar-refractivity contribution is 0.0882. The molecule has 1 aliphatic carbocycles. The molecule has 1 aliphatic rings. The van der Waals surface area contributed by atoms with Gasteiger partial charge in [0.25, 0.3) is 0 Å². The lowest BCUT2D eigenvalue weighted by Crippen LogP contribution is -2.43. The van der Waals surface area contributed by atoms with Crippen molar-refractivity contribution in [3.05, 3.63) is 36.8 Å². The van der Waals surface area contributed by atoms with Crippen LogP contribution < -0.4 is 10.6 Å². The third-order valence-electron chi connectivity index (χ3n) is 4.68. The zero-order valence-corrected chi connectivity index (χ0v) is 14.4. The fraction of sp³-hybridized carbons (Fsp3) is 0.333. The van der Waals surface area contributed by atoms with E-state index in [1.807, 2.05) is 12.1 Å². The van der Waals surface area contributed by atoms with Gasteiger partial charge in [-0.1, -0.05) is 0 Å². The molecule has 8 heteroatoms. The second-order valence-corrected chi connectivity index (χ2v) is 6.36. The van der Waals surface area contributed by atoms with Gasteiger partial charge in [-0.15, -0.1) is 0 Å². The fourth-order valence-electron chi connectivity index (χ4n) is 3.34. The van der Waals surface area contributed by atoms with Crippen LogP contribution in [0.5, 0.6) is 0 Å². The zero-order chi connectivity index (χ0) is 17.9. The van der Waals surface area contributed by atoms with Gasteiger partial charge in [0.15, 0.2) is 0 Å². The highest BCUT2D eigenvalue weighted by Crippen LogP contribution is 2.23. The summed E-state index contributed by atoms with van der Waals surface area (Å²) in [6, 6.07) is 5.27. The van der Waals surface area contributed by atoms with E-state index >= 15 is 0 Å². The Balaban J connectivity index is 1.50. The Morgan fingerprint density at radius 2 is 2.15 bits per heavy atom. The standard InChI is InChI=1S/C18H20N6O2/c1-26-16-4-2-3-14(16)23-18(25)24-17-6-5-13-15(22-17)7-11(8-19-13)12-9-20-21-10-12/h5-10,14,16H,2-4H2,1H3,(H,20,21)(H2,22,23,24,25)/t14-,16-/m0/s1. The van der Waals surface area contributed by atoms with E-state index in [0.29, 0.717) is 11.3 Å². The summed E-state index contributed by atoms with van der Waals surface area (Å²) in [5.74, 6) is 0.480. The fourth-order valence-corrected chi connectivity index (χ4v) is 3.34. The Labute approximate surface area is 150 Å². The normalized spacial score (nSPS) is 19.6. The molecule has 26 heavy (non-hydrogen) atoms. The van der Waals surface area contributed by atoms with Crippen LogP contribution >= 0.6 is 0 Å². The van der Waals surface area contributed by atoms with Gasteiger partial charge >= 0.3 is 6.03 Å². The molecular formula is C18H20N6O2. The third kappa shape index (κ3) is 3.36. The van der Waals surface area contributed by atoms with Gasteiger partial charge in [-0.3, -0.25) is 15.4 Å². The van der Waals surface area contributed by atoms with Gasteiger partial charge < -0.3 is 10.1 Å². The molecule has 0 bridgehead atoms. The van der Waals surface area contributed by atoms with E-state index in [1.165, 1.54) is 0 Å². The van der Waals surface area contributed by atoms with E-state index in [0.717, 1.165) is 35.9 Å². The van der Waals surface area contributed by atoms with Crippen molar-refractivity contribution in [2.45, 2.75) is 31.4 Å². The van der Waals surface area contributed by atoms with Gasteiger partial charge in [-0.05, 0) is 37.5 Å². The van der Waals surface area contributed by atoms with Gasteiger partial charge in [0.2, 0.25) is 0 Å². The SMILES string of the molecule is CO[C@H]1CCC[C@@H]1NC(=O)Nc1ccc2ncc(-c3cn[nH]c3)cc2n1. The molecular weight excluding hydrogens is 332 g/mol. The Hall–Kier alpha value is -3.00. The van der Waals surface area contributed by atoms with Gasteiger partial charge in [-0.2, -0.15) is 5.10 Å². The number of urea groups is 1. The van der Waals surface area contributed by atoms with E-state index in [9.17, 15) is 4.79 Å². The zero-order valence-electron chi connectivity index (χ0n) is 14.4. The van der Waals surface area contributed by atoms with Gasteiger partial charge in [-0.25, -0.2) is 9.78 Å². The van der Waals surface area contributed by atoms with E-state index in [2.05, 4.69) is 30.8 Å². The monoisotopic (exact) mass is 352 g/mol. The topological polar surface area (TPSA) is 105 Å². The highest BCUT2D eigenvalue weighted by atomic mass is 16.5. The van der Waals surface area contributed by atoms with Crippen LogP contribution in [0.4, 0.5) is 10.6 Å². The molecule has 0 aromatic carbocycles. The minimum absolute atomic E-state index is 0.0369. The minimum Gasteiger partial charge on any atom is -0.379 e. The quantitative estimate of drug-likeness (QED) is 0.669. The molecule has 0 aliphatic heterocycles. The summed E-state index contributed by atoms with van der Waals surface area (Å²) >= 11 is 0. The molecule has 0 spiro atoms. The lowest BCUT2D eigenvalue weighted by atomic mass is 10.1. The summed E-state index contributed by atoms with van der Waals surface area (Å²) < 4.78 is 5.41. The summed E-state index contributed by atoms with van der Waals surface area (Å²) in [6.07, 6.45) is 8.33. The number of rotatable bonds is 4. The van der Waals surface area contributed by atoms with Crippen molar-refractivity contribution < 1.29 is 9.53 Å². The number of ether oxygens (including phenoxy) is 1. The first-order valence-corrected chi connectivity index (χ1v) is 8.59. The molecule has 3 heterocycles. The molecule has 2 atom stereocenters. The van der Waals surface area contributed by atoms with Crippen LogP contribution in [-0.2, 0) is 4.74 Å². The number of pyridine rings is 2. The molecule has 134 valence electrons. The Kier molecular flexibility index (Phi) is 4.49. The summed E-state index contributed by atoms with van der Waals surface area (Å²) in [4.78, 5) is 21.2. The van der Waals surface area contributed by atoms with Crippen molar-refractivity contribution in [2.75, 3.05) is 12.4 Å². The van der Waals surface area contributed by atoms with Crippen LogP contribution in [0.25, 0.3) is 22.2 Å². The van der Waals surface area contributed by atoms with E-state index in [4.69, 9.17) is 4.74 Å². The minimum atomic E-state index is -0.273. The number of anilines is 1. The molecule has 1 fully saturated rings. The Morgan fingerprint density at radius 1 is 1.23 bits per heavy atom. The molecule has 3 aromatic rings. The van der Waals surface area contributed by atoms with Crippen molar-refractivity contribution in [3.8, 4) is 11.1 Å². The number of carbonyl (C=O) groups excluding carboxylic acids is 1. The van der Waals surface area contributed by atoms with Crippen LogP contribution in [-0.4, -0.2) is 45.5 Å². The van der Waals surface area contributed by atoms with Crippen LogP contribution in [0.3, 0.4) is 0 Å². The average Bonchev–Trinajstić information content (AvgIpc) is 3.32. The van der Waals surface area contributed by atoms with Crippen molar-refractivity contribution in [1.29, 1.82) is 0 Å².